The molecule has 2 aromatic carbocycles. The summed E-state index contributed by atoms with van der Waals surface area (Å²) in [6, 6.07) is 12.3. The number of hydrogen-bond acceptors (Lipinski definition) is 10. The highest BCUT2D eigenvalue weighted by molar-refractivity contribution is 5.86. The van der Waals surface area contributed by atoms with E-state index in [9.17, 15) is 14.9 Å². The lowest BCUT2D eigenvalue weighted by Gasteiger charge is -2.29. The fourth-order valence-corrected chi connectivity index (χ4v) is 4.18. The molecule has 1 aliphatic heterocycles. The molecule has 0 radical (unpaired) electrons. The quantitative estimate of drug-likeness (QED) is 0.207. The lowest BCUT2D eigenvalue weighted by molar-refractivity contribution is -0.384. The molecule has 1 saturated heterocycles. The summed E-state index contributed by atoms with van der Waals surface area (Å²) in [7, 11) is 1.50. The molecule has 12 nitrogen and oxygen atoms in total. The van der Waals surface area contributed by atoms with Crippen LogP contribution < -0.4 is 15.0 Å². The lowest BCUT2D eigenvalue weighted by Crippen LogP contribution is -2.36. The summed E-state index contributed by atoms with van der Waals surface area (Å²) in [5, 5.41) is 21.8. The number of aromatic nitrogens is 4. The van der Waals surface area contributed by atoms with Gasteiger partial charge in [0, 0.05) is 42.5 Å². The predicted octanol–water partition coefficient (Wildman–Crippen LogP) is 3.84. The molecule has 4 aromatic rings. The summed E-state index contributed by atoms with van der Waals surface area (Å²) in [6.07, 6.45) is 3.81. The van der Waals surface area contributed by atoms with Crippen molar-refractivity contribution < 1.29 is 19.2 Å². The number of aldehydes is 1. The Morgan fingerprint density at radius 1 is 1.19 bits per heavy atom. The third-order valence-corrected chi connectivity index (χ3v) is 5.99. The van der Waals surface area contributed by atoms with Gasteiger partial charge in [-0.3, -0.25) is 20.0 Å². The highest BCUT2D eigenvalue weighted by atomic mass is 16.6. The number of rotatable bonds is 8. The van der Waals surface area contributed by atoms with Gasteiger partial charge >= 0.3 is 0 Å². The number of benzene rings is 2. The van der Waals surface area contributed by atoms with Crippen LogP contribution in [0.2, 0.25) is 0 Å². The maximum absolute atomic E-state index is 11.9. The van der Waals surface area contributed by atoms with Gasteiger partial charge in [0.15, 0.2) is 6.29 Å². The number of anilines is 3. The average Bonchev–Trinajstić information content (AvgIpc) is 3.43. The number of H-pyrrole nitrogens is 1. The van der Waals surface area contributed by atoms with Crippen LogP contribution in [0.1, 0.15) is 10.4 Å². The zero-order valence-corrected chi connectivity index (χ0v) is 19.9. The molecule has 2 aromatic heterocycles. The fourth-order valence-electron chi connectivity index (χ4n) is 4.18. The number of carbonyl (C=O) groups excluding carboxylic acids is 1. The number of nitrogens with one attached hydrogen (secondary N) is 2. The Hall–Kier alpha value is -4.84. The number of aromatic amines is 1. The second-order valence-corrected chi connectivity index (χ2v) is 8.19. The van der Waals surface area contributed by atoms with Crippen molar-refractivity contribution >= 4 is 29.3 Å². The first-order chi connectivity index (χ1) is 18.1. The van der Waals surface area contributed by atoms with Gasteiger partial charge in [0.05, 0.1) is 54.1 Å². The number of morpholine rings is 1. The van der Waals surface area contributed by atoms with Crippen molar-refractivity contribution in [2.24, 2.45) is 0 Å². The summed E-state index contributed by atoms with van der Waals surface area (Å²) >= 11 is 0. The van der Waals surface area contributed by atoms with E-state index >= 15 is 0 Å². The van der Waals surface area contributed by atoms with Gasteiger partial charge in [-0.05, 0) is 12.1 Å². The van der Waals surface area contributed by atoms with E-state index in [2.05, 4.69) is 25.5 Å². The van der Waals surface area contributed by atoms with E-state index < -0.39 is 4.92 Å². The van der Waals surface area contributed by atoms with Gasteiger partial charge in [-0.2, -0.15) is 5.10 Å². The van der Waals surface area contributed by atoms with Crippen LogP contribution in [0, 0.1) is 10.1 Å². The van der Waals surface area contributed by atoms with Crippen LogP contribution in [0.25, 0.3) is 22.5 Å². The SMILES string of the molecule is COc1cc(N2CCOCC2)c([N+](=O)[O-])cc1Nc1nccc(-c2cccc(-c3[nH]ncc3C=O)c2)n1. The Bertz CT molecular complexity index is 1450. The number of nitro benzene ring substituents is 1. The van der Waals surface area contributed by atoms with Gasteiger partial charge in [-0.15, -0.1) is 0 Å². The monoisotopic (exact) mass is 501 g/mol. The van der Waals surface area contributed by atoms with Gasteiger partial charge in [-0.25, -0.2) is 9.97 Å². The number of ether oxygens (including phenoxy) is 2. The van der Waals surface area contributed by atoms with E-state index in [-0.39, 0.29) is 11.6 Å². The predicted molar refractivity (Wildman–Crippen MR) is 136 cm³/mol. The molecule has 12 heteroatoms. The maximum atomic E-state index is 11.9. The van der Waals surface area contributed by atoms with E-state index in [0.29, 0.717) is 60.4 Å². The normalized spacial score (nSPS) is 13.3. The van der Waals surface area contributed by atoms with Crippen molar-refractivity contribution in [1.29, 1.82) is 0 Å². The van der Waals surface area contributed by atoms with Crippen LogP contribution in [-0.4, -0.2) is 64.8 Å². The van der Waals surface area contributed by atoms with Crippen LogP contribution in [0.5, 0.6) is 5.75 Å². The second-order valence-electron chi connectivity index (χ2n) is 8.19. The summed E-state index contributed by atoms with van der Waals surface area (Å²) in [6.45, 7) is 2.10. The number of carbonyl (C=O) groups is 1. The highest BCUT2D eigenvalue weighted by Gasteiger charge is 2.25. The Kier molecular flexibility index (Phi) is 6.72. The Morgan fingerprint density at radius 3 is 2.76 bits per heavy atom. The first kappa shape index (κ1) is 23.9. The van der Waals surface area contributed by atoms with Crippen LogP contribution >= 0.6 is 0 Å². The summed E-state index contributed by atoms with van der Waals surface area (Å²) in [5.74, 6) is 0.661. The number of nitro groups is 1. The molecule has 1 fully saturated rings. The van der Waals surface area contributed by atoms with Gasteiger partial charge in [-0.1, -0.05) is 18.2 Å². The minimum Gasteiger partial charge on any atom is -0.494 e. The highest BCUT2D eigenvalue weighted by Crippen LogP contribution is 2.39. The molecule has 37 heavy (non-hydrogen) atoms. The number of hydrogen-bond donors (Lipinski definition) is 2. The van der Waals surface area contributed by atoms with Gasteiger partial charge in [0.1, 0.15) is 11.4 Å². The summed E-state index contributed by atoms with van der Waals surface area (Å²) in [4.78, 5) is 33.6. The molecule has 188 valence electrons. The minimum absolute atomic E-state index is 0.0559. The van der Waals surface area contributed by atoms with E-state index in [1.807, 2.05) is 29.2 Å². The molecule has 0 aliphatic carbocycles. The van der Waals surface area contributed by atoms with Gasteiger partial charge in [0.25, 0.3) is 5.69 Å². The van der Waals surface area contributed by atoms with Crippen molar-refractivity contribution in [1.82, 2.24) is 20.2 Å². The molecule has 0 bridgehead atoms. The van der Waals surface area contributed by atoms with Crippen LogP contribution in [0.15, 0.2) is 54.9 Å². The zero-order valence-electron chi connectivity index (χ0n) is 19.9. The molecule has 5 rings (SSSR count). The molecular weight excluding hydrogens is 478 g/mol. The molecule has 0 saturated carbocycles. The largest absolute Gasteiger partial charge is 0.494 e. The third kappa shape index (κ3) is 4.95. The molecule has 0 unspecified atom stereocenters. The molecule has 0 amide bonds. The molecule has 0 spiro atoms. The summed E-state index contributed by atoms with van der Waals surface area (Å²) < 4.78 is 10.9. The van der Waals surface area contributed by atoms with Crippen molar-refractivity contribution in [3.8, 4) is 28.3 Å². The van der Waals surface area contributed by atoms with Gasteiger partial charge < -0.3 is 19.7 Å². The standard InChI is InChI=1S/C25H23N7O5/c1-36-23-13-21(31-7-9-37-10-8-31)22(32(34)35)12-20(23)29-25-26-6-5-19(28-25)16-3-2-4-17(11-16)24-18(15-33)14-27-30-24/h2-6,11-15H,7-10H2,1H3,(H,27,30)(H,26,28,29). The Balaban J connectivity index is 1.47. The molecule has 1 aliphatic rings. The zero-order chi connectivity index (χ0) is 25.8. The van der Waals surface area contributed by atoms with Crippen molar-refractivity contribution in [2.75, 3.05) is 43.6 Å². The first-order valence-corrected chi connectivity index (χ1v) is 11.5. The van der Waals surface area contributed by atoms with Crippen molar-refractivity contribution in [3.63, 3.8) is 0 Å². The fraction of sp³-hybridized carbons (Fsp3) is 0.200. The van der Waals surface area contributed by atoms with E-state index in [0.717, 1.165) is 17.4 Å². The molecule has 0 atom stereocenters. The van der Waals surface area contributed by atoms with E-state index in [1.165, 1.54) is 19.4 Å². The third-order valence-electron chi connectivity index (χ3n) is 5.99. The summed E-state index contributed by atoms with van der Waals surface area (Å²) in [5.41, 5.74) is 4.03. The Labute approximate surface area is 211 Å². The van der Waals surface area contributed by atoms with Crippen LogP contribution in [0.4, 0.5) is 23.0 Å². The molecular formula is C25H23N7O5. The smallest absolute Gasteiger partial charge is 0.294 e. The Morgan fingerprint density at radius 2 is 2.00 bits per heavy atom. The second kappa shape index (κ2) is 10.4. The maximum Gasteiger partial charge on any atom is 0.294 e. The molecule has 3 heterocycles. The number of nitrogens with zero attached hydrogens (tertiary/aromatic N) is 5. The van der Waals surface area contributed by atoms with Crippen molar-refractivity contribution in [2.45, 2.75) is 0 Å². The minimum atomic E-state index is -0.415. The lowest BCUT2D eigenvalue weighted by atomic mass is 10.0. The topological polar surface area (TPSA) is 148 Å². The van der Waals surface area contributed by atoms with Gasteiger partial charge in [0.2, 0.25) is 5.95 Å². The molecule has 2 N–H and O–H groups in total. The number of methoxy groups -OCH3 is 1. The van der Waals surface area contributed by atoms with E-state index in [1.54, 1.807) is 18.3 Å². The van der Waals surface area contributed by atoms with Crippen LogP contribution in [-0.2, 0) is 4.74 Å². The van der Waals surface area contributed by atoms with Crippen LogP contribution in [0.3, 0.4) is 0 Å². The van der Waals surface area contributed by atoms with E-state index in [4.69, 9.17) is 9.47 Å². The average molecular weight is 502 g/mol. The van der Waals surface area contributed by atoms with Crippen molar-refractivity contribution in [3.05, 3.63) is 70.5 Å². The first-order valence-electron chi connectivity index (χ1n) is 11.5.